The molecule has 1 aromatic rings. The van der Waals surface area contributed by atoms with Gasteiger partial charge in [0.2, 0.25) is 0 Å². The molecule has 1 aromatic heterocycles. The topological polar surface area (TPSA) is 36.4 Å². The highest BCUT2D eigenvalue weighted by Crippen LogP contribution is 2.30. The van der Waals surface area contributed by atoms with Crippen LogP contribution in [-0.4, -0.2) is 53.9 Å². The van der Waals surface area contributed by atoms with Crippen molar-refractivity contribution in [3.8, 4) is 0 Å². The molecule has 3 rings (SSSR count). The van der Waals surface area contributed by atoms with Crippen LogP contribution >= 0.6 is 11.3 Å². The molecule has 0 radical (unpaired) electrons. The lowest BCUT2D eigenvalue weighted by Gasteiger charge is -2.18. The fraction of sp³-hybridized carbons (Fsp3) is 0.667. The van der Waals surface area contributed by atoms with Crippen molar-refractivity contribution in [1.29, 1.82) is 0 Å². The van der Waals surface area contributed by atoms with Gasteiger partial charge in [0.15, 0.2) is 0 Å². The molecule has 2 aliphatic rings. The summed E-state index contributed by atoms with van der Waals surface area (Å²) in [6, 6.07) is 0. The van der Waals surface area contributed by atoms with E-state index in [-0.39, 0.29) is 5.91 Å². The molecular formula is C12H17N3OS. The number of hydrogen-bond acceptors (Lipinski definition) is 4. The predicted molar refractivity (Wildman–Crippen MR) is 67.2 cm³/mol. The van der Waals surface area contributed by atoms with Gasteiger partial charge in [-0.2, -0.15) is 0 Å². The minimum absolute atomic E-state index is 0.117. The molecule has 2 aliphatic heterocycles. The summed E-state index contributed by atoms with van der Waals surface area (Å²) < 4.78 is 0. The number of aromatic nitrogens is 1. The highest BCUT2D eigenvalue weighted by molar-refractivity contribution is 7.09. The summed E-state index contributed by atoms with van der Waals surface area (Å²) >= 11 is 1.55. The Morgan fingerprint density at radius 3 is 2.53 bits per heavy atom. The average Bonchev–Trinajstić information content (AvgIpc) is 2.90. The number of carbonyl (C=O) groups excluding carboxylic acids is 1. The lowest BCUT2D eigenvalue weighted by molar-refractivity contribution is 0.0771. The number of fused-ring (bicyclic) bond motifs is 1. The number of nitrogens with zero attached hydrogens (tertiary/aromatic N) is 3. The number of likely N-dealkylation sites (tertiary alicyclic amines) is 2. The fourth-order valence-corrected chi connectivity index (χ4v) is 3.60. The molecule has 2 unspecified atom stereocenters. The Bertz CT molecular complexity index is 431. The average molecular weight is 251 g/mol. The zero-order valence-electron chi connectivity index (χ0n) is 10.2. The fourth-order valence-electron chi connectivity index (χ4n) is 3.02. The third kappa shape index (κ3) is 1.98. The Balaban J connectivity index is 1.70. The summed E-state index contributed by atoms with van der Waals surface area (Å²) in [5.74, 6) is 1.46. The smallest absolute Gasteiger partial charge is 0.273 e. The second-order valence-corrected chi connectivity index (χ2v) is 6.27. The van der Waals surface area contributed by atoms with Gasteiger partial charge in [-0.1, -0.05) is 0 Å². The monoisotopic (exact) mass is 251 g/mol. The molecule has 2 atom stereocenters. The van der Waals surface area contributed by atoms with Crippen LogP contribution in [0.3, 0.4) is 0 Å². The van der Waals surface area contributed by atoms with Crippen LogP contribution in [0.25, 0.3) is 0 Å². The minimum atomic E-state index is 0.117. The molecule has 0 bridgehead atoms. The maximum absolute atomic E-state index is 12.2. The van der Waals surface area contributed by atoms with Gasteiger partial charge in [0.1, 0.15) is 5.69 Å². The molecule has 0 aromatic carbocycles. The Labute approximate surface area is 105 Å². The first-order valence-electron chi connectivity index (χ1n) is 6.03. The Kier molecular flexibility index (Phi) is 2.67. The second kappa shape index (κ2) is 4.07. The molecule has 3 heterocycles. The van der Waals surface area contributed by atoms with E-state index in [1.807, 2.05) is 17.2 Å². The minimum Gasteiger partial charge on any atom is -0.337 e. The molecule has 0 aliphatic carbocycles. The molecule has 0 N–H and O–H groups in total. The van der Waals surface area contributed by atoms with Gasteiger partial charge in [0.25, 0.3) is 5.91 Å². The van der Waals surface area contributed by atoms with Gasteiger partial charge in [-0.3, -0.25) is 4.79 Å². The Morgan fingerprint density at radius 1 is 1.35 bits per heavy atom. The SMILES string of the molecule is Cc1nc(C(=O)N2CC3CN(C)CC3C2)cs1. The quantitative estimate of drug-likeness (QED) is 0.749. The van der Waals surface area contributed by atoms with Crippen molar-refractivity contribution in [2.75, 3.05) is 33.2 Å². The Morgan fingerprint density at radius 2 is 2.00 bits per heavy atom. The van der Waals surface area contributed by atoms with Crippen molar-refractivity contribution < 1.29 is 4.79 Å². The molecule has 1 amide bonds. The molecule has 4 nitrogen and oxygen atoms in total. The van der Waals surface area contributed by atoms with Crippen molar-refractivity contribution >= 4 is 17.2 Å². The van der Waals surface area contributed by atoms with Gasteiger partial charge in [0.05, 0.1) is 5.01 Å². The molecule has 2 fully saturated rings. The molecule has 92 valence electrons. The highest BCUT2D eigenvalue weighted by atomic mass is 32.1. The van der Waals surface area contributed by atoms with Gasteiger partial charge in [-0.15, -0.1) is 11.3 Å². The standard InChI is InChI=1S/C12H17N3OS/c1-8-13-11(7-17-8)12(16)15-5-9-3-14(2)4-10(9)6-15/h7,9-10H,3-6H2,1-2H3. The first-order valence-corrected chi connectivity index (χ1v) is 6.91. The zero-order valence-corrected chi connectivity index (χ0v) is 11.0. The number of amides is 1. The van der Waals surface area contributed by atoms with Crippen LogP contribution in [0.2, 0.25) is 0 Å². The van der Waals surface area contributed by atoms with Gasteiger partial charge < -0.3 is 9.80 Å². The van der Waals surface area contributed by atoms with E-state index in [9.17, 15) is 4.79 Å². The van der Waals surface area contributed by atoms with E-state index in [1.165, 1.54) is 0 Å². The first-order chi connectivity index (χ1) is 8.13. The van der Waals surface area contributed by atoms with E-state index in [2.05, 4.69) is 16.9 Å². The van der Waals surface area contributed by atoms with Gasteiger partial charge in [0, 0.05) is 31.6 Å². The van der Waals surface area contributed by atoms with Crippen LogP contribution in [0.4, 0.5) is 0 Å². The van der Waals surface area contributed by atoms with E-state index >= 15 is 0 Å². The van der Waals surface area contributed by atoms with Crippen molar-refractivity contribution in [1.82, 2.24) is 14.8 Å². The summed E-state index contributed by atoms with van der Waals surface area (Å²) in [5.41, 5.74) is 0.626. The van der Waals surface area contributed by atoms with Crippen molar-refractivity contribution in [2.45, 2.75) is 6.92 Å². The largest absolute Gasteiger partial charge is 0.337 e. The molecule has 0 saturated carbocycles. The summed E-state index contributed by atoms with van der Waals surface area (Å²) in [4.78, 5) is 20.9. The van der Waals surface area contributed by atoms with Gasteiger partial charge >= 0.3 is 0 Å². The predicted octanol–water partition coefficient (Wildman–Crippen LogP) is 1.09. The summed E-state index contributed by atoms with van der Waals surface area (Å²) in [6.07, 6.45) is 0. The molecule has 2 saturated heterocycles. The third-order valence-electron chi connectivity index (χ3n) is 3.79. The van der Waals surface area contributed by atoms with E-state index in [1.54, 1.807) is 11.3 Å². The zero-order chi connectivity index (χ0) is 12.0. The summed E-state index contributed by atoms with van der Waals surface area (Å²) in [5, 5.41) is 2.84. The normalized spacial score (nSPS) is 28.7. The van der Waals surface area contributed by atoms with Crippen LogP contribution < -0.4 is 0 Å². The van der Waals surface area contributed by atoms with E-state index in [0.717, 1.165) is 31.2 Å². The second-order valence-electron chi connectivity index (χ2n) is 5.20. The molecule has 17 heavy (non-hydrogen) atoms. The van der Waals surface area contributed by atoms with Crippen LogP contribution in [0, 0.1) is 18.8 Å². The number of carbonyl (C=O) groups is 1. The van der Waals surface area contributed by atoms with Crippen molar-refractivity contribution in [2.24, 2.45) is 11.8 Å². The van der Waals surface area contributed by atoms with Gasteiger partial charge in [-0.25, -0.2) is 4.98 Å². The van der Waals surface area contributed by atoms with Crippen molar-refractivity contribution in [3.05, 3.63) is 16.1 Å². The van der Waals surface area contributed by atoms with Crippen LogP contribution in [-0.2, 0) is 0 Å². The number of aryl methyl sites for hydroxylation is 1. The van der Waals surface area contributed by atoms with Crippen LogP contribution in [0.5, 0.6) is 0 Å². The number of hydrogen-bond donors (Lipinski definition) is 0. The van der Waals surface area contributed by atoms with Gasteiger partial charge in [-0.05, 0) is 25.8 Å². The maximum atomic E-state index is 12.2. The molecule has 5 heteroatoms. The van der Waals surface area contributed by atoms with E-state index in [0.29, 0.717) is 17.5 Å². The molecular weight excluding hydrogens is 234 g/mol. The van der Waals surface area contributed by atoms with E-state index in [4.69, 9.17) is 0 Å². The lowest BCUT2D eigenvalue weighted by atomic mass is 10.0. The molecule has 0 spiro atoms. The third-order valence-corrected chi connectivity index (χ3v) is 4.57. The maximum Gasteiger partial charge on any atom is 0.273 e. The van der Waals surface area contributed by atoms with Crippen LogP contribution in [0.1, 0.15) is 15.5 Å². The van der Waals surface area contributed by atoms with Crippen LogP contribution in [0.15, 0.2) is 5.38 Å². The number of rotatable bonds is 1. The first kappa shape index (κ1) is 11.2. The summed E-state index contributed by atoms with van der Waals surface area (Å²) in [7, 11) is 2.16. The Hall–Kier alpha value is -0.940. The van der Waals surface area contributed by atoms with E-state index < -0.39 is 0 Å². The highest BCUT2D eigenvalue weighted by Gasteiger charge is 2.40. The van der Waals surface area contributed by atoms with Crippen molar-refractivity contribution in [3.63, 3.8) is 0 Å². The number of thiazole rings is 1. The summed E-state index contributed by atoms with van der Waals surface area (Å²) in [6.45, 7) is 6.01. The lowest BCUT2D eigenvalue weighted by Crippen LogP contribution is -2.32.